The van der Waals surface area contributed by atoms with Crippen molar-refractivity contribution in [1.82, 2.24) is 9.62 Å². The second kappa shape index (κ2) is 41.5. The number of ether oxygens (including phenoxy) is 2. The van der Waals surface area contributed by atoms with E-state index < -0.39 is 10.0 Å². The van der Waals surface area contributed by atoms with Crippen LogP contribution in [0, 0.1) is 0 Å². The van der Waals surface area contributed by atoms with Gasteiger partial charge in [0.25, 0.3) is 0 Å². The third-order valence-corrected chi connectivity index (χ3v) is 12.1. The molecule has 0 saturated carbocycles. The van der Waals surface area contributed by atoms with Crippen LogP contribution < -0.4 is 4.72 Å². The first-order valence-electron chi connectivity index (χ1n) is 24.7. The summed E-state index contributed by atoms with van der Waals surface area (Å²) in [4.78, 5) is 27.7. The number of carbonyl (C=O) groups is 2. The van der Waals surface area contributed by atoms with Crippen molar-refractivity contribution in [2.24, 2.45) is 0 Å². The molecule has 8 nitrogen and oxygen atoms in total. The van der Waals surface area contributed by atoms with E-state index in [2.05, 4.69) is 37.3 Å². The molecule has 0 bridgehead atoms. The summed E-state index contributed by atoms with van der Waals surface area (Å²) < 4.78 is 37.5. The van der Waals surface area contributed by atoms with Crippen molar-refractivity contribution in [3.05, 3.63) is 0 Å². The Morgan fingerprint density at radius 3 is 1.19 bits per heavy atom. The highest BCUT2D eigenvalue weighted by atomic mass is 32.2. The van der Waals surface area contributed by atoms with Gasteiger partial charge in [-0.15, -0.1) is 0 Å². The molecule has 0 amide bonds. The van der Waals surface area contributed by atoms with Crippen LogP contribution in [-0.2, 0) is 29.1 Å². The molecule has 1 unspecified atom stereocenters. The Balaban J connectivity index is 4.40. The molecule has 0 rings (SSSR count). The van der Waals surface area contributed by atoms with Crippen molar-refractivity contribution < 1.29 is 27.5 Å². The Hall–Kier alpha value is -1.19. The van der Waals surface area contributed by atoms with Gasteiger partial charge >= 0.3 is 11.9 Å². The van der Waals surface area contributed by atoms with Crippen LogP contribution in [0.1, 0.15) is 252 Å². The van der Waals surface area contributed by atoms with Crippen LogP contribution in [0.25, 0.3) is 0 Å². The molecule has 9 heteroatoms. The van der Waals surface area contributed by atoms with Gasteiger partial charge in [-0.25, -0.2) is 13.1 Å². The molecular weight excluding hydrogens is 733 g/mol. The molecule has 0 fully saturated rings. The zero-order chi connectivity index (χ0) is 42.1. The number of nitrogens with zero attached hydrogens (tertiary/aromatic N) is 1. The van der Waals surface area contributed by atoms with E-state index in [0.29, 0.717) is 19.4 Å². The van der Waals surface area contributed by atoms with Crippen LogP contribution in [0.5, 0.6) is 0 Å². The summed E-state index contributed by atoms with van der Waals surface area (Å²) in [6.45, 7) is 12.3. The molecule has 0 aliphatic carbocycles. The fraction of sp³-hybridized carbons (Fsp3) is 0.958. The summed E-state index contributed by atoms with van der Waals surface area (Å²) >= 11 is 0. The lowest BCUT2D eigenvalue weighted by Gasteiger charge is -2.22. The van der Waals surface area contributed by atoms with E-state index >= 15 is 0 Å². The maximum atomic E-state index is 12.8. The summed E-state index contributed by atoms with van der Waals surface area (Å²) in [5.74, 6) is -0.0393. The Morgan fingerprint density at radius 2 is 0.789 bits per heavy atom. The largest absolute Gasteiger partial charge is 0.462 e. The number of unbranched alkanes of at least 4 members (excludes halogenated alkanes) is 23. The number of sulfonamides is 1. The molecule has 1 atom stereocenters. The second-order valence-electron chi connectivity index (χ2n) is 17.2. The number of hydrogen-bond donors (Lipinski definition) is 1. The molecule has 0 heterocycles. The van der Waals surface area contributed by atoms with Crippen LogP contribution >= 0.6 is 0 Å². The van der Waals surface area contributed by atoms with E-state index in [1.807, 2.05) is 0 Å². The zero-order valence-electron chi connectivity index (χ0n) is 38.5. The van der Waals surface area contributed by atoms with E-state index in [1.165, 1.54) is 115 Å². The molecule has 57 heavy (non-hydrogen) atoms. The van der Waals surface area contributed by atoms with Gasteiger partial charge in [0.05, 0.1) is 6.26 Å². The monoisotopic (exact) mass is 829 g/mol. The number of nitrogens with one attached hydrogen (secondary N) is 1. The molecule has 1 N–H and O–H groups in total. The predicted molar refractivity (Wildman–Crippen MR) is 243 cm³/mol. The molecule has 0 radical (unpaired) electrons. The van der Waals surface area contributed by atoms with Crippen LogP contribution in [-0.4, -0.2) is 69.9 Å². The number of carbonyl (C=O) groups excluding carboxylic acids is 2. The highest BCUT2D eigenvalue weighted by Gasteiger charge is 2.15. The van der Waals surface area contributed by atoms with Crippen LogP contribution in [0.4, 0.5) is 0 Å². The molecule has 0 saturated heterocycles. The standard InChI is InChI=1S/C48H96N2O6S/c1-6-10-13-16-21-28-36-45(9-4)55-47(51)39-31-24-19-26-33-42-50(44-35-41-49-57(5,53)54)43-34-27-20-25-32-40-48(52)56-46(37-29-22-17-14-11-7-2)38-30-23-18-15-12-8-3/h45-46,49H,6-44H2,1-5H3. The first kappa shape index (κ1) is 55.8. The molecule has 0 aliphatic rings. The van der Waals surface area contributed by atoms with Gasteiger partial charge < -0.3 is 14.4 Å². The van der Waals surface area contributed by atoms with E-state index in [0.717, 1.165) is 122 Å². The summed E-state index contributed by atoms with van der Waals surface area (Å²) in [6.07, 6.45) is 40.6. The van der Waals surface area contributed by atoms with Crippen molar-refractivity contribution in [3.63, 3.8) is 0 Å². The number of rotatable bonds is 45. The normalized spacial score (nSPS) is 12.5. The average molecular weight is 829 g/mol. The van der Waals surface area contributed by atoms with Gasteiger partial charge in [-0.2, -0.15) is 0 Å². The van der Waals surface area contributed by atoms with Crippen LogP contribution in [0.15, 0.2) is 0 Å². The zero-order valence-corrected chi connectivity index (χ0v) is 39.4. The van der Waals surface area contributed by atoms with Gasteiger partial charge in [0.1, 0.15) is 12.2 Å². The topological polar surface area (TPSA) is 102 Å². The van der Waals surface area contributed by atoms with Crippen LogP contribution in [0.2, 0.25) is 0 Å². The third kappa shape index (κ3) is 41.3. The van der Waals surface area contributed by atoms with E-state index in [-0.39, 0.29) is 24.1 Å². The molecule has 0 aliphatic heterocycles. The minimum atomic E-state index is -3.17. The maximum absolute atomic E-state index is 12.8. The van der Waals surface area contributed by atoms with Crippen molar-refractivity contribution >= 4 is 22.0 Å². The van der Waals surface area contributed by atoms with Crippen molar-refractivity contribution in [2.45, 2.75) is 265 Å². The Bertz CT molecular complexity index is 977. The molecular formula is C48H96N2O6S. The van der Waals surface area contributed by atoms with Gasteiger partial charge in [-0.3, -0.25) is 9.59 Å². The first-order valence-corrected chi connectivity index (χ1v) is 26.6. The average Bonchev–Trinajstić information content (AvgIpc) is 3.18. The van der Waals surface area contributed by atoms with E-state index in [9.17, 15) is 18.0 Å². The Labute approximate surface area is 355 Å². The quantitative estimate of drug-likeness (QED) is 0.0482. The second-order valence-corrected chi connectivity index (χ2v) is 19.0. The fourth-order valence-corrected chi connectivity index (χ4v) is 8.24. The highest BCUT2D eigenvalue weighted by Crippen LogP contribution is 2.19. The van der Waals surface area contributed by atoms with Crippen LogP contribution in [0.3, 0.4) is 0 Å². The summed E-state index contributed by atoms with van der Waals surface area (Å²) in [6, 6.07) is 0. The summed E-state index contributed by atoms with van der Waals surface area (Å²) in [5, 5.41) is 0. The highest BCUT2D eigenvalue weighted by molar-refractivity contribution is 7.88. The predicted octanol–water partition coefficient (Wildman–Crippen LogP) is 13.4. The molecule has 0 aromatic carbocycles. The van der Waals surface area contributed by atoms with Gasteiger partial charge in [-0.1, -0.05) is 163 Å². The van der Waals surface area contributed by atoms with Crippen molar-refractivity contribution in [2.75, 3.05) is 32.4 Å². The molecule has 0 spiro atoms. The Morgan fingerprint density at radius 1 is 0.456 bits per heavy atom. The molecule has 0 aromatic heterocycles. The third-order valence-electron chi connectivity index (χ3n) is 11.4. The van der Waals surface area contributed by atoms with Crippen molar-refractivity contribution in [3.8, 4) is 0 Å². The van der Waals surface area contributed by atoms with Gasteiger partial charge in [-0.05, 0) is 96.7 Å². The lowest BCUT2D eigenvalue weighted by Crippen LogP contribution is -2.31. The fourth-order valence-electron chi connectivity index (χ4n) is 7.72. The minimum Gasteiger partial charge on any atom is -0.462 e. The van der Waals surface area contributed by atoms with Gasteiger partial charge in [0.2, 0.25) is 10.0 Å². The maximum Gasteiger partial charge on any atom is 0.306 e. The molecule has 0 aromatic rings. The van der Waals surface area contributed by atoms with Gasteiger partial charge in [0.15, 0.2) is 0 Å². The summed E-state index contributed by atoms with van der Waals surface area (Å²) in [7, 11) is -3.17. The SMILES string of the molecule is CCCCCCCCC(CC)OC(=O)CCCCCCCN(CCCCCCCC(=O)OC(CCCCCCCC)CCCCCCCC)CCCNS(C)(=O)=O. The van der Waals surface area contributed by atoms with Gasteiger partial charge in [0, 0.05) is 19.4 Å². The smallest absolute Gasteiger partial charge is 0.306 e. The number of esters is 2. The first-order chi connectivity index (χ1) is 27.6. The Kier molecular flexibility index (Phi) is 40.7. The van der Waals surface area contributed by atoms with E-state index in [1.54, 1.807) is 0 Å². The van der Waals surface area contributed by atoms with Crippen molar-refractivity contribution in [1.29, 1.82) is 0 Å². The van der Waals surface area contributed by atoms with E-state index in [4.69, 9.17) is 9.47 Å². The number of hydrogen-bond acceptors (Lipinski definition) is 7. The lowest BCUT2D eigenvalue weighted by atomic mass is 10.0. The summed E-state index contributed by atoms with van der Waals surface area (Å²) in [5.41, 5.74) is 0. The lowest BCUT2D eigenvalue weighted by molar-refractivity contribution is -0.150. The molecule has 340 valence electrons. The minimum absolute atomic E-state index is 0.00490.